The van der Waals surface area contributed by atoms with Crippen molar-refractivity contribution in [1.82, 2.24) is 20.1 Å². The molecule has 0 aliphatic heterocycles. The number of halogens is 2. The van der Waals surface area contributed by atoms with E-state index in [0.717, 1.165) is 5.56 Å². The average Bonchev–Trinajstić information content (AvgIpc) is 3.02. The Bertz CT molecular complexity index is 992. The van der Waals surface area contributed by atoms with Crippen molar-refractivity contribution in [2.45, 2.75) is 13.5 Å². The van der Waals surface area contributed by atoms with E-state index in [0.29, 0.717) is 30.5 Å². The van der Waals surface area contributed by atoms with E-state index >= 15 is 0 Å². The van der Waals surface area contributed by atoms with Gasteiger partial charge in [0.15, 0.2) is 0 Å². The number of carbonyl (C=O) groups excluding carboxylic acids is 1. The van der Waals surface area contributed by atoms with Crippen LogP contribution < -0.4 is 10.1 Å². The van der Waals surface area contributed by atoms with E-state index in [1.165, 1.54) is 28.9 Å². The zero-order chi connectivity index (χ0) is 20.8. The molecule has 0 saturated heterocycles. The third-order valence-corrected chi connectivity index (χ3v) is 4.47. The highest BCUT2D eigenvalue weighted by Gasteiger charge is 2.21. The normalized spacial score (nSPS) is 10.8. The summed E-state index contributed by atoms with van der Waals surface area (Å²) >= 11 is 6.39. The zero-order valence-electron chi connectivity index (χ0n) is 16.0. The van der Waals surface area contributed by atoms with Gasteiger partial charge in [0.2, 0.25) is 5.88 Å². The first-order valence-corrected chi connectivity index (χ1v) is 9.24. The first-order chi connectivity index (χ1) is 14.0. The van der Waals surface area contributed by atoms with Crippen molar-refractivity contribution in [2.24, 2.45) is 0 Å². The number of rotatable bonds is 8. The molecule has 3 aromatic rings. The number of hydrogen-bond donors (Lipinski definition) is 1. The summed E-state index contributed by atoms with van der Waals surface area (Å²) in [4.78, 5) is 16.9. The summed E-state index contributed by atoms with van der Waals surface area (Å²) < 4.78 is 25.1. The van der Waals surface area contributed by atoms with Gasteiger partial charge in [-0.3, -0.25) is 4.79 Å². The van der Waals surface area contributed by atoms with E-state index in [1.807, 2.05) is 6.07 Å². The molecule has 0 saturated carbocycles. The van der Waals surface area contributed by atoms with Crippen LogP contribution in [0.15, 0.2) is 42.6 Å². The maximum absolute atomic E-state index is 13.2. The smallest absolute Gasteiger partial charge is 0.256 e. The Hall–Kier alpha value is -2.97. The molecule has 7 nitrogen and oxygen atoms in total. The van der Waals surface area contributed by atoms with Gasteiger partial charge in [0.25, 0.3) is 5.91 Å². The molecule has 0 bridgehead atoms. The fourth-order valence-corrected chi connectivity index (χ4v) is 3.04. The van der Waals surface area contributed by atoms with Crippen molar-refractivity contribution < 1.29 is 18.7 Å². The molecule has 2 heterocycles. The van der Waals surface area contributed by atoms with Crippen LogP contribution in [0, 0.1) is 12.7 Å². The second-order valence-electron chi connectivity index (χ2n) is 6.13. The molecule has 0 aliphatic carbocycles. The van der Waals surface area contributed by atoms with Crippen molar-refractivity contribution >= 4 is 17.5 Å². The number of pyridine rings is 1. The van der Waals surface area contributed by atoms with Gasteiger partial charge in [0.05, 0.1) is 23.6 Å². The van der Waals surface area contributed by atoms with Crippen LogP contribution in [0.25, 0.3) is 5.69 Å². The lowest BCUT2D eigenvalue weighted by atomic mass is 10.2. The lowest BCUT2D eigenvalue weighted by molar-refractivity contribution is 0.0949. The van der Waals surface area contributed by atoms with Gasteiger partial charge in [-0.15, -0.1) is 0 Å². The Morgan fingerprint density at radius 3 is 2.72 bits per heavy atom. The van der Waals surface area contributed by atoms with E-state index in [4.69, 9.17) is 21.1 Å². The van der Waals surface area contributed by atoms with Gasteiger partial charge in [-0.2, -0.15) is 5.10 Å². The number of carbonyl (C=O) groups is 1. The molecule has 0 radical (unpaired) electrons. The van der Waals surface area contributed by atoms with E-state index in [-0.39, 0.29) is 29.0 Å². The van der Waals surface area contributed by atoms with Crippen molar-refractivity contribution in [3.05, 3.63) is 70.4 Å². The molecule has 1 aromatic carbocycles. The van der Waals surface area contributed by atoms with Crippen LogP contribution in [0.5, 0.6) is 5.88 Å². The lowest BCUT2D eigenvalue weighted by Crippen LogP contribution is -2.24. The Morgan fingerprint density at radius 2 is 2.00 bits per heavy atom. The topological polar surface area (TPSA) is 78.3 Å². The van der Waals surface area contributed by atoms with Crippen molar-refractivity contribution in [3.8, 4) is 11.6 Å². The number of amides is 1. The highest BCUT2D eigenvalue weighted by molar-refractivity contribution is 6.33. The highest BCUT2D eigenvalue weighted by Crippen LogP contribution is 2.24. The number of methoxy groups -OCH3 is 1. The molecule has 3 rings (SSSR count). The fraction of sp³-hybridized carbons (Fsp3) is 0.250. The lowest BCUT2D eigenvalue weighted by Gasteiger charge is -2.11. The standard InChI is InChI=1S/C20H20ClFN4O3/c1-13-17(18(21)26(25-13)16-7-5-15(22)6-8-16)19(27)24-12-14-4-3-9-23-20(14)29-11-10-28-2/h3-9H,10-12H2,1-2H3,(H,24,27). The van der Waals surface area contributed by atoms with Crippen LogP contribution in [-0.2, 0) is 11.3 Å². The molecule has 9 heteroatoms. The summed E-state index contributed by atoms with van der Waals surface area (Å²) in [5, 5.41) is 7.27. The van der Waals surface area contributed by atoms with Crippen LogP contribution in [-0.4, -0.2) is 41.0 Å². The van der Waals surface area contributed by atoms with E-state index < -0.39 is 0 Å². The Labute approximate surface area is 172 Å². The predicted molar refractivity (Wildman–Crippen MR) is 106 cm³/mol. The van der Waals surface area contributed by atoms with E-state index in [9.17, 15) is 9.18 Å². The van der Waals surface area contributed by atoms with Gasteiger partial charge in [0, 0.05) is 25.4 Å². The monoisotopic (exact) mass is 418 g/mol. The summed E-state index contributed by atoms with van der Waals surface area (Å²) in [6.45, 7) is 2.67. The summed E-state index contributed by atoms with van der Waals surface area (Å²) in [6.07, 6.45) is 1.61. The molecule has 29 heavy (non-hydrogen) atoms. The van der Waals surface area contributed by atoms with Crippen LogP contribution in [0.1, 0.15) is 21.6 Å². The van der Waals surface area contributed by atoms with Crippen LogP contribution >= 0.6 is 11.6 Å². The van der Waals surface area contributed by atoms with Gasteiger partial charge in [-0.25, -0.2) is 14.1 Å². The molecule has 2 aromatic heterocycles. The second-order valence-corrected chi connectivity index (χ2v) is 6.49. The van der Waals surface area contributed by atoms with Gasteiger partial charge in [0.1, 0.15) is 17.6 Å². The Balaban J connectivity index is 1.75. The molecule has 1 amide bonds. The van der Waals surface area contributed by atoms with Gasteiger partial charge < -0.3 is 14.8 Å². The molecule has 152 valence electrons. The molecule has 0 fully saturated rings. The van der Waals surface area contributed by atoms with Crippen molar-refractivity contribution in [2.75, 3.05) is 20.3 Å². The number of benzene rings is 1. The summed E-state index contributed by atoms with van der Waals surface area (Å²) in [5.41, 5.74) is 1.98. The van der Waals surface area contributed by atoms with Crippen molar-refractivity contribution in [1.29, 1.82) is 0 Å². The molecule has 0 spiro atoms. The Morgan fingerprint density at radius 1 is 1.24 bits per heavy atom. The molecule has 1 N–H and O–H groups in total. The van der Waals surface area contributed by atoms with Crippen LogP contribution in [0.4, 0.5) is 4.39 Å². The third-order valence-electron chi connectivity index (χ3n) is 4.12. The predicted octanol–water partition coefficient (Wildman–Crippen LogP) is 3.32. The van der Waals surface area contributed by atoms with E-state index in [2.05, 4.69) is 15.4 Å². The summed E-state index contributed by atoms with van der Waals surface area (Å²) in [6, 6.07) is 9.25. The molecule has 0 atom stereocenters. The maximum atomic E-state index is 13.2. The number of aryl methyl sites for hydroxylation is 1. The minimum atomic E-state index is -0.382. The zero-order valence-corrected chi connectivity index (χ0v) is 16.7. The number of nitrogens with one attached hydrogen (secondary N) is 1. The third kappa shape index (κ3) is 4.90. The maximum Gasteiger partial charge on any atom is 0.256 e. The molecule has 0 aliphatic rings. The molecular weight excluding hydrogens is 399 g/mol. The molecular formula is C20H20ClFN4O3. The van der Waals surface area contributed by atoms with Gasteiger partial charge >= 0.3 is 0 Å². The van der Waals surface area contributed by atoms with Crippen molar-refractivity contribution in [3.63, 3.8) is 0 Å². The fourth-order valence-electron chi connectivity index (χ4n) is 2.68. The first kappa shape index (κ1) is 20.8. The summed E-state index contributed by atoms with van der Waals surface area (Å²) in [5.74, 6) is -0.325. The average molecular weight is 419 g/mol. The number of ether oxygens (including phenoxy) is 2. The highest BCUT2D eigenvalue weighted by atomic mass is 35.5. The SMILES string of the molecule is COCCOc1ncccc1CNC(=O)c1c(C)nn(-c2ccc(F)cc2)c1Cl. The van der Waals surface area contributed by atoms with Crippen LogP contribution in [0.2, 0.25) is 5.15 Å². The van der Waals surface area contributed by atoms with E-state index in [1.54, 1.807) is 26.3 Å². The number of nitrogens with zero attached hydrogens (tertiary/aromatic N) is 3. The number of hydrogen-bond acceptors (Lipinski definition) is 5. The minimum Gasteiger partial charge on any atom is -0.475 e. The van der Waals surface area contributed by atoms with Crippen LogP contribution in [0.3, 0.4) is 0 Å². The first-order valence-electron chi connectivity index (χ1n) is 8.86. The molecule has 0 unspecified atom stereocenters. The minimum absolute atomic E-state index is 0.148. The van der Waals surface area contributed by atoms with Gasteiger partial charge in [-0.05, 0) is 37.3 Å². The number of aromatic nitrogens is 3. The Kier molecular flexibility index (Phi) is 6.79. The quantitative estimate of drug-likeness (QED) is 0.568. The van der Waals surface area contributed by atoms with Gasteiger partial charge in [-0.1, -0.05) is 17.7 Å². The summed E-state index contributed by atoms with van der Waals surface area (Å²) in [7, 11) is 1.58. The largest absolute Gasteiger partial charge is 0.475 e. The second kappa shape index (κ2) is 9.49.